The highest BCUT2D eigenvalue weighted by Crippen LogP contribution is 2.22. The number of hydrogen-bond acceptors (Lipinski definition) is 3. The SMILES string of the molecule is CSc1ncc(CN)cc1Cl. The van der Waals surface area contributed by atoms with Gasteiger partial charge in [-0.25, -0.2) is 4.98 Å². The van der Waals surface area contributed by atoms with Gasteiger partial charge in [0.2, 0.25) is 0 Å². The normalized spacial score (nSPS) is 10.1. The first-order valence-electron chi connectivity index (χ1n) is 3.16. The number of thioether (sulfide) groups is 1. The first kappa shape index (κ1) is 8.84. The number of aromatic nitrogens is 1. The second kappa shape index (κ2) is 3.95. The van der Waals surface area contributed by atoms with Crippen LogP contribution in [0.3, 0.4) is 0 Å². The summed E-state index contributed by atoms with van der Waals surface area (Å²) in [6.07, 6.45) is 3.69. The fourth-order valence-corrected chi connectivity index (χ4v) is 1.56. The lowest BCUT2D eigenvalue weighted by atomic mass is 10.3. The minimum Gasteiger partial charge on any atom is -0.326 e. The predicted octanol–water partition coefficient (Wildman–Crippen LogP) is 1.92. The van der Waals surface area contributed by atoms with Crippen LogP contribution in [-0.2, 0) is 6.54 Å². The van der Waals surface area contributed by atoms with E-state index in [2.05, 4.69) is 4.98 Å². The number of pyridine rings is 1. The van der Waals surface area contributed by atoms with Crippen LogP contribution < -0.4 is 5.73 Å². The maximum Gasteiger partial charge on any atom is 0.114 e. The van der Waals surface area contributed by atoms with E-state index in [4.69, 9.17) is 17.3 Å². The van der Waals surface area contributed by atoms with Crippen molar-refractivity contribution < 1.29 is 0 Å². The second-order valence-electron chi connectivity index (χ2n) is 2.04. The van der Waals surface area contributed by atoms with E-state index in [1.54, 1.807) is 6.20 Å². The Labute approximate surface area is 75.1 Å². The number of nitrogens with two attached hydrogens (primary N) is 1. The smallest absolute Gasteiger partial charge is 0.114 e. The molecule has 0 aliphatic heterocycles. The summed E-state index contributed by atoms with van der Waals surface area (Å²) in [4.78, 5) is 4.12. The lowest BCUT2D eigenvalue weighted by Gasteiger charge is -2.00. The average Bonchev–Trinajstić information content (AvgIpc) is 2.04. The third kappa shape index (κ3) is 2.09. The van der Waals surface area contributed by atoms with E-state index in [9.17, 15) is 0 Å². The van der Waals surface area contributed by atoms with Crippen molar-refractivity contribution in [3.8, 4) is 0 Å². The van der Waals surface area contributed by atoms with Crippen molar-refractivity contribution in [3.05, 3.63) is 22.8 Å². The van der Waals surface area contributed by atoms with E-state index in [0.717, 1.165) is 10.6 Å². The highest BCUT2D eigenvalue weighted by Gasteiger charge is 1.99. The van der Waals surface area contributed by atoms with E-state index >= 15 is 0 Å². The molecule has 60 valence electrons. The summed E-state index contributed by atoms with van der Waals surface area (Å²) in [5.41, 5.74) is 6.37. The van der Waals surface area contributed by atoms with Crippen LogP contribution in [0.2, 0.25) is 5.02 Å². The molecule has 4 heteroatoms. The Hall–Kier alpha value is -0.250. The van der Waals surface area contributed by atoms with Gasteiger partial charge in [0.1, 0.15) is 5.03 Å². The summed E-state index contributed by atoms with van der Waals surface area (Å²) in [7, 11) is 0. The van der Waals surface area contributed by atoms with Gasteiger partial charge in [0.25, 0.3) is 0 Å². The summed E-state index contributed by atoms with van der Waals surface area (Å²) in [6.45, 7) is 0.487. The highest BCUT2D eigenvalue weighted by atomic mass is 35.5. The lowest BCUT2D eigenvalue weighted by molar-refractivity contribution is 1.01. The second-order valence-corrected chi connectivity index (χ2v) is 3.24. The van der Waals surface area contributed by atoms with Crippen LogP contribution >= 0.6 is 23.4 Å². The fourth-order valence-electron chi connectivity index (χ4n) is 0.727. The number of halogens is 1. The summed E-state index contributed by atoms with van der Waals surface area (Å²) >= 11 is 7.40. The Morgan fingerprint density at radius 2 is 2.45 bits per heavy atom. The van der Waals surface area contributed by atoms with E-state index in [1.165, 1.54) is 11.8 Å². The van der Waals surface area contributed by atoms with Gasteiger partial charge in [0.15, 0.2) is 0 Å². The van der Waals surface area contributed by atoms with Crippen LogP contribution in [0.15, 0.2) is 17.3 Å². The molecule has 0 radical (unpaired) electrons. The zero-order valence-corrected chi connectivity index (χ0v) is 7.75. The van der Waals surface area contributed by atoms with Gasteiger partial charge < -0.3 is 5.73 Å². The van der Waals surface area contributed by atoms with Gasteiger partial charge in [-0.15, -0.1) is 11.8 Å². The molecule has 0 aliphatic rings. The molecule has 0 saturated carbocycles. The van der Waals surface area contributed by atoms with Gasteiger partial charge in [-0.3, -0.25) is 0 Å². The Bertz CT molecular complexity index is 252. The average molecular weight is 189 g/mol. The molecule has 1 aromatic rings. The van der Waals surface area contributed by atoms with Gasteiger partial charge in [0, 0.05) is 12.7 Å². The quantitative estimate of drug-likeness (QED) is 0.721. The van der Waals surface area contributed by atoms with E-state index in [-0.39, 0.29) is 0 Å². The molecule has 1 aromatic heterocycles. The van der Waals surface area contributed by atoms with Crippen LogP contribution in [0, 0.1) is 0 Å². The molecule has 2 N–H and O–H groups in total. The molecule has 0 amide bonds. The Morgan fingerprint density at radius 3 is 2.91 bits per heavy atom. The minimum atomic E-state index is 0.487. The van der Waals surface area contributed by atoms with Crippen molar-refractivity contribution in [1.82, 2.24) is 4.98 Å². The highest BCUT2D eigenvalue weighted by molar-refractivity contribution is 7.98. The molecule has 0 aliphatic carbocycles. The number of hydrogen-bond donors (Lipinski definition) is 1. The van der Waals surface area contributed by atoms with Crippen molar-refractivity contribution in [2.45, 2.75) is 11.6 Å². The maximum absolute atomic E-state index is 5.87. The van der Waals surface area contributed by atoms with E-state index in [0.29, 0.717) is 11.6 Å². The fraction of sp³-hybridized carbons (Fsp3) is 0.286. The molecule has 0 unspecified atom stereocenters. The molecule has 0 bridgehead atoms. The topological polar surface area (TPSA) is 38.9 Å². The molecule has 1 rings (SSSR count). The Kier molecular flexibility index (Phi) is 3.17. The van der Waals surface area contributed by atoms with Gasteiger partial charge in [0.05, 0.1) is 5.02 Å². The molecular weight excluding hydrogens is 180 g/mol. The maximum atomic E-state index is 5.87. The third-order valence-corrected chi connectivity index (χ3v) is 2.41. The van der Waals surface area contributed by atoms with Crippen LogP contribution in [-0.4, -0.2) is 11.2 Å². The monoisotopic (exact) mass is 188 g/mol. The van der Waals surface area contributed by atoms with Crippen molar-refractivity contribution in [3.63, 3.8) is 0 Å². The molecule has 0 atom stereocenters. The van der Waals surface area contributed by atoms with Gasteiger partial charge in [-0.05, 0) is 17.9 Å². The summed E-state index contributed by atoms with van der Waals surface area (Å²) in [5, 5.41) is 1.53. The molecular formula is C7H9ClN2S. The molecule has 0 saturated heterocycles. The summed E-state index contributed by atoms with van der Waals surface area (Å²) in [6, 6.07) is 1.85. The van der Waals surface area contributed by atoms with Crippen LogP contribution in [0.25, 0.3) is 0 Å². The standard InChI is InChI=1S/C7H9ClN2S/c1-11-7-6(8)2-5(3-9)4-10-7/h2,4H,3,9H2,1H3. The first-order valence-corrected chi connectivity index (χ1v) is 4.76. The van der Waals surface area contributed by atoms with Crippen LogP contribution in [0.4, 0.5) is 0 Å². The molecule has 0 spiro atoms. The molecule has 0 aromatic carbocycles. The van der Waals surface area contributed by atoms with Crippen LogP contribution in [0.1, 0.15) is 5.56 Å². The van der Waals surface area contributed by atoms with E-state index in [1.807, 2.05) is 12.3 Å². The minimum absolute atomic E-state index is 0.487. The summed E-state index contributed by atoms with van der Waals surface area (Å²) in [5.74, 6) is 0. The predicted molar refractivity (Wildman–Crippen MR) is 48.9 cm³/mol. The first-order chi connectivity index (χ1) is 5.27. The van der Waals surface area contributed by atoms with Gasteiger partial charge >= 0.3 is 0 Å². The number of rotatable bonds is 2. The van der Waals surface area contributed by atoms with Gasteiger partial charge in [-0.1, -0.05) is 11.6 Å². The van der Waals surface area contributed by atoms with Crippen molar-refractivity contribution in [2.75, 3.05) is 6.26 Å². The van der Waals surface area contributed by atoms with Gasteiger partial charge in [-0.2, -0.15) is 0 Å². The Balaban J connectivity index is 2.99. The van der Waals surface area contributed by atoms with Crippen molar-refractivity contribution in [2.24, 2.45) is 5.73 Å². The molecule has 0 fully saturated rings. The van der Waals surface area contributed by atoms with E-state index < -0.39 is 0 Å². The molecule has 11 heavy (non-hydrogen) atoms. The largest absolute Gasteiger partial charge is 0.326 e. The van der Waals surface area contributed by atoms with Crippen molar-refractivity contribution >= 4 is 23.4 Å². The molecule has 2 nitrogen and oxygen atoms in total. The summed E-state index contributed by atoms with van der Waals surface area (Å²) < 4.78 is 0. The third-order valence-electron chi connectivity index (χ3n) is 1.29. The Morgan fingerprint density at radius 1 is 1.73 bits per heavy atom. The van der Waals surface area contributed by atoms with Crippen molar-refractivity contribution in [1.29, 1.82) is 0 Å². The van der Waals surface area contributed by atoms with Crippen LogP contribution in [0.5, 0.6) is 0 Å². The zero-order valence-electron chi connectivity index (χ0n) is 6.17. The zero-order chi connectivity index (χ0) is 8.27. The lowest BCUT2D eigenvalue weighted by Crippen LogP contribution is -1.97. The number of nitrogens with zero attached hydrogens (tertiary/aromatic N) is 1. The molecule has 1 heterocycles.